The summed E-state index contributed by atoms with van der Waals surface area (Å²) in [6, 6.07) is 7.96. The molecule has 0 atom stereocenters. The van der Waals surface area contributed by atoms with Gasteiger partial charge < -0.3 is 4.90 Å². The van der Waals surface area contributed by atoms with Crippen LogP contribution in [0.3, 0.4) is 0 Å². The molecule has 1 aliphatic rings. The van der Waals surface area contributed by atoms with Crippen LogP contribution >= 0.6 is 15.9 Å². The second-order valence-corrected chi connectivity index (χ2v) is 6.70. The van der Waals surface area contributed by atoms with Crippen LogP contribution in [0.25, 0.3) is 0 Å². The first-order chi connectivity index (χ1) is 9.56. The standard InChI is InChI=1S/C16H23BrN2O/c1-13(2)12-18-7-9-19(10-8-18)16(20)11-14-5-3-4-6-15(14)17/h3-6,13H,7-12H2,1-2H3. The second kappa shape index (κ2) is 7.23. The number of hydrogen-bond donors (Lipinski definition) is 0. The van der Waals surface area contributed by atoms with Crippen LogP contribution in [-0.4, -0.2) is 48.4 Å². The Morgan fingerprint density at radius 2 is 1.85 bits per heavy atom. The van der Waals surface area contributed by atoms with Crippen molar-refractivity contribution in [2.75, 3.05) is 32.7 Å². The molecule has 1 saturated heterocycles. The molecule has 1 aromatic carbocycles. The number of amides is 1. The van der Waals surface area contributed by atoms with Crippen molar-refractivity contribution in [3.63, 3.8) is 0 Å². The maximum atomic E-state index is 12.3. The Hall–Kier alpha value is -0.870. The van der Waals surface area contributed by atoms with Crippen molar-refractivity contribution < 1.29 is 4.79 Å². The minimum Gasteiger partial charge on any atom is -0.340 e. The third kappa shape index (κ3) is 4.32. The number of nitrogens with zero attached hydrogens (tertiary/aromatic N) is 2. The molecule has 1 fully saturated rings. The van der Waals surface area contributed by atoms with Crippen LogP contribution in [-0.2, 0) is 11.2 Å². The van der Waals surface area contributed by atoms with Gasteiger partial charge in [-0.2, -0.15) is 0 Å². The zero-order valence-electron chi connectivity index (χ0n) is 12.3. The van der Waals surface area contributed by atoms with Crippen LogP contribution in [0.4, 0.5) is 0 Å². The van der Waals surface area contributed by atoms with E-state index in [1.54, 1.807) is 0 Å². The quantitative estimate of drug-likeness (QED) is 0.842. The molecular weight excluding hydrogens is 316 g/mol. The SMILES string of the molecule is CC(C)CN1CCN(C(=O)Cc2ccccc2Br)CC1. The molecule has 0 radical (unpaired) electrons. The summed E-state index contributed by atoms with van der Waals surface area (Å²) in [5.74, 6) is 0.929. The summed E-state index contributed by atoms with van der Waals surface area (Å²) >= 11 is 3.51. The third-order valence-corrected chi connectivity index (χ3v) is 4.42. The van der Waals surface area contributed by atoms with Gasteiger partial charge in [-0.15, -0.1) is 0 Å². The van der Waals surface area contributed by atoms with Crippen LogP contribution in [0.1, 0.15) is 19.4 Å². The molecule has 0 spiro atoms. The molecule has 0 bridgehead atoms. The number of carbonyl (C=O) groups excluding carboxylic acids is 1. The highest BCUT2D eigenvalue weighted by molar-refractivity contribution is 9.10. The lowest BCUT2D eigenvalue weighted by Gasteiger charge is -2.35. The molecule has 0 N–H and O–H groups in total. The lowest BCUT2D eigenvalue weighted by atomic mass is 10.1. The average Bonchev–Trinajstić information content (AvgIpc) is 2.41. The van der Waals surface area contributed by atoms with Crippen LogP contribution in [0, 0.1) is 5.92 Å². The molecule has 20 heavy (non-hydrogen) atoms. The predicted octanol–water partition coefficient (Wildman–Crippen LogP) is 2.79. The Bertz CT molecular complexity index is 454. The van der Waals surface area contributed by atoms with E-state index in [1.807, 2.05) is 29.2 Å². The lowest BCUT2D eigenvalue weighted by Crippen LogP contribution is -2.49. The molecule has 110 valence electrons. The fourth-order valence-electron chi connectivity index (χ4n) is 2.61. The van der Waals surface area contributed by atoms with Crippen molar-refractivity contribution in [2.45, 2.75) is 20.3 Å². The van der Waals surface area contributed by atoms with Crippen molar-refractivity contribution in [3.05, 3.63) is 34.3 Å². The highest BCUT2D eigenvalue weighted by atomic mass is 79.9. The van der Waals surface area contributed by atoms with Gasteiger partial charge in [-0.05, 0) is 17.5 Å². The molecule has 1 aromatic rings. The molecule has 2 rings (SSSR count). The van der Waals surface area contributed by atoms with Gasteiger partial charge in [0.2, 0.25) is 5.91 Å². The molecule has 4 heteroatoms. The van der Waals surface area contributed by atoms with Crippen molar-refractivity contribution in [3.8, 4) is 0 Å². The largest absolute Gasteiger partial charge is 0.340 e. The van der Waals surface area contributed by atoms with Crippen LogP contribution in [0.15, 0.2) is 28.7 Å². The van der Waals surface area contributed by atoms with E-state index < -0.39 is 0 Å². The van der Waals surface area contributed by atoms with E-state index in [2.05, 4.69) is 34.7 Å². The maximum Gasteiger partial charge on any atom is 0.227 e. The number of rotatable bonds is 4. The molecule has 0 aromatic heterocycles. The summed E-state index contributed by atoms with van der Waals surface area (Å²) in [7, 11) is 0. The smallest absolute Gasteiger partial charge is 0.227 e. The molecule has 3 nitrogen and oxygen atoms in total. The number of carbonyl (C=O) groups is 1. The fourth-order valence-corrected chi connectivity index (χ4v) is 3.04. The Kier molecular flexibility index (Phi) is 5.61. The maximum absolute atomic E-state index is 12.3. The van der Waals surface area contributed by atoms with Crippen LogP contribution in [0.5, 0.6) is 0 Å². The summed E-state index contributed by atoms with van der Waals surface area (Å²) < 4.78 is 1.02. The Morgan fingerprint density at radius 1 is 1.20 bits per heavy atom. The van der Waals surface area contributed by atoms with E-state index >= 15 is 0 Å². The molecule has 0 unspecified atom stereocenters. The van der Waals surface area contributed by atoms with E-state index in [1.165, 1.54) is 0 Å². The molecular formula is C16H23BrN2O. The van der Waals surface area contributed by atoms with Crippen molar-refractivity contribution in [1.82, 2.24) is 9.80 Å². The second-order valence-electron chi connectivity index (χ2n) is 5.84. The monoisotopic (exact) mass is 338 g/mol. The number of hydrogen-bond acceptors (Lipinski definition) is 2. The minimum atomic E-state index is 0.237. The van der Waals surface area contributed by atoms with Crippen molar-refractivity contribution in [1.29, 1.82) is 0 Å². The van der Waals surface area contributed by atoms with Gasteiger partial charge in [0.25, 0.3) is 0 Å². The Labute approximate surface area is 130 Å². The fraction of sp³-hybridized carbons (Fsp3) is 0.562. The van der Waals surface area contributed by atoms with Gasteiger partial charge in [-0.3, -0.25) is 9.69 Å². The van der Waals surface area contributed by atoms with E-state index in [0.29, 0.717) is 12.3 Å². The zero-order valence-corrected chi connectivity index (χ0v) is 13.9. The zero-order chi connectivity index (χ0) is 14.5. The van der Waals surface area contributed by atoms with E-state index in [0.717, 1.165) is 42.8 Å². The average molecular weight is 339 g/mol. The van der Waals surface area contributed by atoms with E-state index in [-0.39, 0.29) is 5.91 Å². The summed E-state index contributed by atoms with van der Waals surface area (Å²) in [5.41, 5.74) is 1.07. The molecule has 1 amide bonds. The topological polar surface area (TPSA) is 23.6 Å². The highest BCUT2D eigenvalue weighted by Gasteiger charge is 2.21. The number of halogens is 1. The van der Waals surface area contributed by atoms with Gasteiger partial charge in [-0.1, -0.05) is 48.0 Å². The first kappa shape index (κ1) is 15.5. The molecule has 0 saturated carbocycles. The van der Waals surface area contributed by atoms with E-state index in [4.69, 9.17) is 0 Å². The third-order valence-electron chi connectivity index (χ3n) is 3.65. The summed E-state index contributed by atoms with van der Waals surface area (Å²) in [6.45, 7) is 9.33. The Morgan fingerprint density at radius 3 is 2.45 bits per heavy atom. The molecule has 1 aliphatic heterocycles. The van der Waals surface area contributed by atoms with Crippen LogP contribution < -0.4 is 0 Å². The van der Waals surface area contributed by atoms with Gasteiger partial charge >= 0.3 is 0 Å². The van der Waals surface area contributed by atoms with Gasteiger partial charge in [-0.25, -0.2) is 0 Å². The van der Waals surface area contributed by atoms with Crippen LogP contribution in [0.2, 0.25) is 0 Å². The van der Waals surface area contributed by atoms with Gasteiger partial charge in [0.1, 0.15) is 0 Å². The first-order valence-corrected chi connectivity index (χ1v) is 8.09. The number of benzene rings is 1. The summed E-state index contributed by atoms with van der Waals surface area (Å²) in [6.07, 6.45) is 0.492. The van der Waals surface area contributed by atoms with Gasteiger partial charge in [0, 0.05) is 37.2 Å². The summed E-state index contributed by atoms with van der Waals surface area (Å²) in [5, 5.41) is 0. The minimum absolute atomic E-state index is 0.237. The number of piperazine rings is 1. The van der Waals surface area contributed by atoms with Crippen molar-refractivity contribution >= 4 is 21.8 Å². The van der Waals surface area contributed by atoms with Crippen molar-refractivity contribution in [2.24, 2.45) is 5.92 Å². The lowest BCUT2D eigenvalue weighted by molar-refractivity contribution is -0.132. The first-order valence-electron chi connectivity index (χ1n) is 7.30. The normalized spacial score (nSPS) is 16.7. The predicted molar refractivity (Wildman–Crippen MR) is 85.7 cm³/mol. The van der Waals surface area contributed by atoms with Gasteiger partial charge in [0.05, 0.1) is 6.42 Å². The van der Waals surface area contributed by atoms with Gasteiger partial charge in [0.15, 0.2) is 0 Å². The van der Waals surface area contributed by atoms with E-state index in [9.17, 15) is 4.79 Å². The molecule has 1 heterocycles. The summed E-state index contributed by atoms with van der Waals surface area (Å²) in [4.78, 5) is 16.8. The highest BCUT2D eigenvalue weighted by Crippen LogP contribution is 2.17. The Balaban J connectivity index is 1.85. The molecule has 0 aliphatic carbocycles.